The first-order chi connectivity index (χ1) is 11.2. The Hall–Kier alpha value is -2.64. The molecule has 1 heterocycles. The van der Waals surface area contributed by atoms with Crippen LogP contribution < -0.4 is 10.2 Å². The maximum atomic E-state index is 12.3. The second-order valence-electron chi connectivity index (χ2n) is 6.54. The van der Waals surface area contributed by atoms with Gasteiger partial charge >= 0.3 is 6.09 Å². The summed E-state index contributed by atoms with van der Waals surface area (Å²) in [6, 6.07) is 4.54. The van der Waals surface area contributed by atoms with Gasteiger partial charge in [0, 0.05) is 31.6 Å². The Labute approximate surface area is 139 Å². The quantitative estimate of drug-likeness (QED) is 0.672. The van der Waals surface area contributed by atoms with Gasteiger partial charge in [-0.1, -0.05) is 6.07 Å². The van der Waals surface area contributed by atoms with Crippen LogP contribution in [0.3, 0.4) is 0 Å². The van der Waals surface area contributed by atoms with E-state index in [1.54, 1.807) is 26.8 Å². The lowest BCUT2D eigenvalue weighted by Gasteiger charge is -2.20. The van der Waals surface area contributed by atoms with E-state index in [9.17, 15) is 19.7 Å². The summed E-state index contributed by atoms with van der Waals surface area (Å²) in [5, 5.41) is 13.4. The number of nitrogens with zero attached hydrogens (tertiary/aromatic N) is 2. The molecule has 0 bridgehead atoms. The first-order valence-electron chi connectivity index (χ1n) is 7.72. The van der Waals surface area contributed by atoms with Crippen molar-refractivity contribution in [1.82, 2.24) is 5.32 Å². The van der Waals surface area contributed by atoms with Gasteiger partial charge < -0.3 is 15.0 Å². The predicted octanol–water partition coefficient (Wildman–Crippen LogP) is 2.40. The van der Waals surface area contributed by atoms with Crippen LogP contribution >= 0.6 is 0 Å². The minimum absolute atomic E-state index is 0.0414. The highest BCUT2D eigenvalue weighted by Gasteiger charge is 2.26. The molecule has 8 heteroatoms. The van der Waals surface area contributed by atoms with Gasteiger partial charge in [0.1, 0.15) is 5.60 Å². The summed E-state index contributed by atoms with van der Waals surface area (Å²) in [5.74, 6) is -0.190. The minimum Gasteiger partial charge on any atom is -0.444 e. The normalized spacial score (nSPS) is 13.4. The summed E-state index contributed by atoms with van der Waals surface area (Å²) in [6.07, 6.45) is 0.188. The number of amides is 2. The number of rotatable bonds is 4. The second kappa shape index (κ2) is 6.86. The lowest BCUT2D eigenvalue weighted by Crippen LogP contribution is -2.36. The number of alkyl carbamates (subject to hydrolysis) is 1. The van der Waals surface area contributed by atoms with Crippen molar-refractivity contribution in [2.24, 2.45) is 0 Å². The molecule has 1 N–H and O–H groups in total. The molecular weight excluding hydrogens is 314 g/mol. The van der Waals surface area contributed by atoms with Crippen molar-refractivity contribution in [2.75, 3.05) is 18.0 Å². The SMILES string of the molecule is CC(C)(C)OC(=O)NCCC(=O)N1CCc2ccc([N+](=O)[O-])cc21. The number of anilines is 1. The lowest BCUT2D eigenvalue weighted by atomic mass is 10.1. The van der Waals surface area contributed by atoms with Gasteiger partial charge in [-0.15, -0.1) is 0 Å². The van der Waals surface area contributed by atoms with Crippen molar-refractivity contribution < 1.29 is 19.2 Å². The molecule has 8 nitrogen and oxygen atoms in total. The van der Waals surface area contributed by atoms with Crippen molar-refractivity contribution in [2.45, 2.75) is 39.2 Å². The zero-order valence-corrected chi connectivity index (χ0v) is 14.0. The van der Waals surface area contributed by atoms with Crippen LogP contribution in [0.15, 0.2) is 18.2 Å². The molecule has 0 fully saturated rings. The molecule has 0 unspecified atom stereocenters. The van der Waals surface area contributed by atoms with E-state index in [0.717, 1.165) is 5.56 Å². The Morgan fingerprint density at radius 2 is 2.08 bits per heavy atom. The van der Waals surface area contributed by atoms with Crippen molar-refractivity contribution in [3.8, 4) is 0 Å². The molecule has 24 heavy (non-hydrogen) atoms. The summed E-state index contributed by atoms with van der Waals surface area (Å²) in [6.45, 7) is 5.90. The van der Waals surface area contributed by atoms with Gasteiger partial charge in [0.15, 0.2) is 0 Å². The van der Waals surface area contributed by atoms with Gasteiger partial charge in [0.25, 0.3) is 5.69 Å². The monoisotopic (exact) mass is 335 g/mol. The fraction of sp³-hybridized carbons (Fsp3) is 0.500. The minimum atomic E-state index is -0.596. The number of non-ortho nitro benzene ring substituents is 1. The van der Waals surface area contributed by atoms with Crippen molar-refractivity contribution in [3.63, 3.8) is 0 Å². The van der Waals surface area contributed by atoms with Gasteiger partial charge in [-0.25, -0.2) is 4.79 Å². The Balaban J connectivity index is 1.92. The van der Waals surface area contributed by atoms with Gasteiger partial charge in [0.2, 0.25) is 5.91 Å². The fourth-order valence-electron chi connectivity index (χ4n) is 2.46. The first kappa shape index (κ1) is 17.7. The molecule has 2 amide bonds. The topological polar surface area (TPSA) is 102 Å². The van der Waals surface area contributed by atoms with E-state index in [-0.39, 0.29) is 24.6 Å². The third-order valence-corrected chi connectivity index (χ3v) is 3.48. The number of hydrogen-bond acceptors (Lipinski definition) is 5. The third kappa shape index (κ3) is 4.43. The zero-order valence-electron chi connectivity index (χ0n) is 14.0. The molecule has 1 aliphatic rings. The highest BCUT2D eigenvalue weighted by Crippen LogP contribution is 2.31. The molecule has 1 aromatic carbocycles. The van der Waals surface area contributed by atoms with Crippen molar-refractivity contribution >= 4 is 23.4 Å². The van der Waals surface area contributed by atoms with E-state index in [2.05, 4.69) is 5.32 Å². The van der Waals surface area contributed by atoms with Crippen molar-refractivity contribution in [1.29, 1.82) is 0 Å². The number of fused-ring (bicyclic) bond motifs is 1. The molecule has 0 spiro atoms. The average Bonchev–Trinajstić information content (AvgIpc) is 2.88. The largest absolute Gasteiger partial charge is 0.444 e. The fourth-order valence-corrected chi connectivity index (χ4v) is 2.46. The summed E-state index contributed by atoms with van der Waals surface area (Å²) >= 11 is 0. The van der Waals surface area contributed by atoms with E-state index in [1.165, 1.54) is 17.0 Å². The average molecular weight is 335 g/mol. The van der Waals surface area contributed by atoms with Crippen LogP contribution in [-0.4, -0.2) is 35.6 Å². The Morgan fingerprint density at radius 1 is 1.38 bits per heavy atom. The standard InChI is InChI=1S/C16H21N3O5/c1-16(2,3)24-15(21)17-8-6-14(20)18-9-7-11-4-5-12(19(22)23)10-13(11)18/h4-5,10H,6-9H2,1-3H3,(H,17,21). The van der Waals surface area contributed by atoms with Crippen LogP contribution in [0.25, 0.3) is 0 Å². The summed E-state index contributed by atoms with van der Waals surface area (Å²) in [5.41, 5.74) is 0.849. The summed E-state index contributed by atoms with van der Waals surface area (Å²) in [7, 11) is 0. The predicted molar refractivity (Wildman–Crippen MR) is 88.0 cm³/mol. The first-order valence-corrected chi connectivity index (χ1v) is 7.72. The van der Waals surface area contributed by atoms with Crippen LogP contribution in [0.1, 0.15) is 32.8 Å². The zero-order chi connectivity index (χ0) is 17.9. The molecular formula is C16H21N3O5. The molecule has 1 aliphatic heterocycles. The maximum Gasteiger partial charge on any atom is 0.407 e. The number of nitrogens with one attached hydrogen (secondary N) is 1. The number of nitro groups is 1. The van der Waals surface area contributed by atoms with Gasteiger partial charge in [-0.3, -0.25) is 14.9 Å². The third-order valence-electron chi connectivity index (χ3n) is 3.48. The molecule has 1 aromatic rings. The van der Waals surface area contributed by atoms with Gasteiger partial charge in [-0.05, 0) is 32.8 Å². The van der Waals surface area contributed by atoms with Crippen LogP contribution in [0.5, 0.6) is 0 Å². The molecule has 0 aliphatic carbocycles. The Bertz CT molecular complexity index is 666. The van der Waals surface area contributed by atoms with Crippen LogP contribution in [0.2, 0.25) is 0 Å². The summed E-state index contributed by atoms with van der Waals surface area (Å²) < 4.78 is 5.09. The molecule has 0 atom stereocenters. The van der Waals surface area contributed by atoms with E-state index in [0.29, 0.717) is 18.7 Å². The number of nitro benzene ring substituents is 1. The maximum absolute atomic E-state index is 12.3. The molecule has 0 aromatic heterocycles. The lowest BCUT2D eigenvalue weighted by molar-refractivity contribution is -0.384. The highest BCUT2D eigenvalue weighted by atomic mass is 16.6. The van der Waals surface area contributed by atoms with Crippen LogP contribution in [-0.2, 0) is 16.0 Å². The molecule has 0 saturated heterocycles. The van der Waals surface area contributed by atoms with Gasteiger partial charge in [-0.2, -0.15) is 0 Å². The van der Waals surface area contributed by atoms with E-state index >= 15 is 0 Å². The van der Waals surface area contributed by atoms with E-state index in [1.807, 2.05) is 0 Å². The van der Waals surface area contributed by atoms with E-state index in [4.69, 9.17) is 4.74 Å². The molecule has 0 saturated carbocycles. The van der Waals surface area contributed by atoms with Crippen molar-refractivity contribution in [3.05, 3.63) is 33.9 Å². The summed E-state index contributed by atoms with van der Waals surface area (Å²) in [4.78, 5) is 35.8. The number of carbonyl (C=O) groups is 2. The molecule has 0 radical (unpaired) electrons. The highest BCUT2D eigenvalue weighted by molar-refractivity contribution is 5.96. The van der Waals surface area contributed by atoms with Crippen LogP contribution in [0, 0.1) is 10.1 Å². The van der Waals surface area contributed by atoms with E-state index < -0.39 is 16.6 Å². The number of ether oxygens (including phenoxy) is 1. The number of carbonyl (C=O) groups excluding carboxylic acids is 2. The Morgan fingerprint density at radius 3 is 2.71 bits per heavy atom. The van der Waals surface area contributed by atoms with Gasteiger partial charge in [0.05, 0.1) is 10.6 Å². The second-order valence-corrected chi connectivity index (χ2v) is 6.54. The smallest absolute Gasteiger partial charge is 0.407 e. The Kier molecular flexibility index (Phi) is 5.06. The molecule has 2 rings (SSSR count). The number of hydrogen-bond donors (Lipinski definition) is 1. The van der Waals surface area contributed by atoms with Crippen LogP contribution in [0.4, 0.5) is 16.2 Å². The number of benzene rings is 1. The molecule has 130 valence electrons.